The van der Waals surface area contributed by atoms with E-state index < -0.39 is 0 Å². The summed E-state index contributed by atoms with van der Waals surface area (Å²) in [6, 6.07) is 19.5. The maximum Gasteiger partial charge on any atom is 0.310 e. The largest absolute Gasteiger partial charge is 0.469 e. The highest BCUT2D eigenvalue weighted by molar-refractivity contribution is 5.97. The molecule has 1 saturated heterocycles. The van der Waals surface area contributed by atoms with Crippen molar-refractivity contribution in [3.8, 4) is 5.88 Å². The fourth-order valence-electron chi connectivity index (χ4n) is 4.29. The highest BCUT2D eigenvalue weighted by Crippen LogP contribution is 2.24. The van der Waals surface area contributed by atoms with Gasteiger partial charge in [0.25, 0.3) is 0 Å². The van der Waals surface area contributed by atoms with Crippen molar-refractivity contribution in [1.82, 2.24) is 9.97 Å². The normalized spacial score (nSPS) is 15.4. The van der Waals surface area contributed by atoms with Crippen LogP contribution in [0.25, 0.3) is 0 Å². The zero-order valence-corrected chi connectivity index (χ0v) is 21.0. The first-order chi connectivity index (χ1) is 17.5. The van der Waals surface area contributed by atoms with E-state index in [0.29, 0.717) is 37.0 Å². The van der Waals surface area contributed by atoms with E-state index in [1.807, 2.05) is 55.1 Å². The maximum absolute atomic E-state index is 12.7. The number of aromatic nitrogens is 2. The minimum absolute atomic E-state index is 0.108. The van der Waals surface area contributed by atoms with Crippen LogP contribution in [0, 0.1) is 12.8 Å². The summed E-state index contributed by atoms with van der Waals surface area (Å²) in [6.45, 7) is 5.32. The first kappa shape index (κ1) is 25.4. The quantitative estimate of drug-likeness (QED) is 0.305. The summed E-state index contributed by atoms with van der Waals surface area (Å²) >= 11 is 0. The first-order valence-corrected chi connectivity index (χ1v) is 12.6. The lowest BCUT2D eigenvalue weighted by molar-refractivity contribution is -0.148. The number of hydrogen-bond donors (Lipinski definition) is 0. The van der Waals surface area contributed by atoms with E-state index in [-0.39, 0.29) is 24.3 Å². The Morgan fingerprint density at radius 2 is 1.81 bits per heavy atom. The summed E-state index contributed by atoms with van der Waals surface area (Å²) in [5.74, 6) is 0.390. The molecule has 0 bridgehead atoms. The number of rotatable bonds is 10. The number of hydrogen-bond acceptors (Lipinski definition) is 7. The van der Waals surface area contributed by atoms with Gasteiger partial charge in [0.15, 0.2) is 12.4 Å². The number of nitrogens with zero attached hydrogens (tertiary/aromatic N) is 3. The molecule has 188 valence electrons. The Morgan fingerprint density at radius 3 is 2.56 bits per heavy atom. The van der Waals surface area contributed by atoms with Gasteiger partial charge in [0.05, 0.1) is 18.2 Å². The van der Waals surface area contributed by atoms with Crippen LogP contribution in [0.4, 0.5) is 5.95 Å². The van der Waals surface area contributed by atoms with Gasteiger partial charge in [-0.05, 0) is 45.1 Å². The van der Waals surface area contributed by atoms with Crippen molar-refractivity contribution in [3.63, 3.8) is 0 Å². The number of aryl methyl sites for hydroxylation is 3. The number of ketones is 1. The van der Waals surface area contributed by atoms with Gasteiger partial charge in [-0.3, -0.25) is 9.59 Å². The molecule has 0 unspecified atom stereocenters. The van der Waals surface area contributed by atoms with Crippen LogP contribution in [-0.4, -0.2) is 48.0 Å². The second kappa shape index (κ2) is 12.3. The molecule has 2 heterocycles. The number of ether oxygens (including phenoxy) is 2. The van der Waals surface area contributed by atoms with Crippen LogP contribution in [0.2, 0.25) is 0 Å². The Kier molecular flexibility index (Phi) is 8.66. The lowest BCUT2D eigenvalue weighted by Gasteiger charge is -2.31. The van der Waals surface area contributed by atoms with Crippen LogP contribution in [-0.2, 0) is 22.4 Å². The molecule has 2 aromatic carbocycles. The molecule has 1 atom stereocenters. The predicted octanol–water partition coefficient (Wildman–Crippen LogP) is 4.61. The van der Waals surface area contributed by atoms with Crippen molar-refractivity contribution < 1.29 is 19.1 Å². The lowest BCUT2D eigenvalue weighted by atomic mass is 9.98. The average molecular weight is 488 g/mol. The molecule has 36 heavy (non-hydrogen) atoms. The van der Waals surface area contributed by atoms with E-state index in [1.54, 1.807) is 12.1 Å². The number of anilines is 1. The van der Waals surface area contributed by atoms with Crippen LogP contribution in [0.15, 0.2) is 60.7 Å². The van der Waals surface area contributed by atoms with E-state index in [4.69, 9.17) is 14.5 Å². The van der Waals surface area contributed by atoms with Crippen molar-refractivity contribution in [2.24, 2.45) is 5.92 Å². The maximum atomic E-state index is 12.7. The van der Waals surface area contributed by atoms with Gasteiger partial charge in [-0.1, -0.05) is 60.2 Å². The number of benzene rings is 2. The number of Topliss-reactive ketones (excluding diaryl/α,β-unsaturated/α-hetero) is 1. The Hall–Kier alpha value is -3.74. The Labute approximate surface area is 212 Å². The average Bonchev–Trinajstić information content (AvgIpc) is 2.91. The van der Waals surface area contributed by atoms with Crippen molar-refractivity contribution in [2.45, 2.75) is 39.5 Å². The smallest absolute Gasteiger partial charge is 0.310 e. The molecule has 0 spiro atoms. The van der Waals surface area contributed by atoms with Crippen molar-refractivity contribution in [3.05, 3.63) is 83.0 Å². The fourth-order valence-corrected chi connectivity index (χ4v) is 4.29. The summed E-state index contributed by atoms with van der Waals surface area (Å²) in [5.41, 5.74) is 3.75. The number of carbonyl (C=O) groups excluding carboxylic acids is 2. The molecule has 7 heteroatoms. The minimum atomic E-state index is -0.206. The topological polar surface area (TPSA) is 81.6 Å². The predicted molar refractivity (Wildman–Crippen MR) is 138 cm³/mol. The number of piperidine rings is 1. The highest BCUT2D eigenvalue weighted by atomic mass is 16.5. The third kappa shape index (κ3) is 6.90. The molecule has 7 nitrogen and oxygen atoms in total. The van der Waals surface area contributed by atoms with Crippen LogP contribution in [0.5, 0.6) is 5.88 Å². The van der Waals surface area contributed by atoms with Crippen molar-refractivity contribution >= 4 is 17.7 Å². The molecule has 1 fully saturated rings. The summed E-state index contributed by atoms with van der Waals surface area (Å²) in [6.07, 6.45) is 3.17. The summed E-state index contributed by atoms with van der Waals surface area (Å²) in [7, 11) is 0. The van der Waals surface area contributed by atoms with Gasteiger partial charge < -0.3 is 14.4 Å². The Balaban J connectivity index is 1.52. The zero-order chi connectivity index (χ0) is 25.3. The molecule has 0 saturated carbocycles. The molecule has 4 rings (SSSR count). The van der Waals surface area contributed by atoms with E-state index in [2.05, 4.69) is 17.1 Å². The monoisotopic (exact) mass is 487 g/mol. The van der Waals surface area contributed by atoms with Gasteiger partial charge in [-0.15, -0.1) is 0 Å². The summed E-state index contributed by atoms with van der Waals surface area (Å²) in [4.78, 5) is 36.5. The van der Waals surface area contributed by atoms with Gasteiger partial charge in [0.1, 0.15) is 0 Å². The molecule has 0 aliphatic carbocycles. The Bertz CT molecular complexity index is 1160. The Morgan fingerprint density at radius 1 is 1.03 bits per heavy atom. The summed E-state index contributed by atoms with van der Waals surface area (Å²) < 4.78 is 11.1. The second-order valence-electron chi connectivity index (χ2n) is 9.10. The molecule has 0 N–H and O–H groups in total. The van der Waals surface area contributed by atoms with Crippen LogP contribution < -0.4 is 9.64 Å². The highest BCUT2D eigenvalue weighted by Gasteiger charge is 2.28. The van der Waals surface area contributed by atoms with E-state index in [0.717, 1.165) is 37.1 Å². The first-order valence-electron chi connectivity index (χ1n) is 12.6. The molecule has 1 aliphatic heterocycles. The van der Waals surface area contributed by atoms with E-state index in [9.17, 15) is 9.59 Å². The standard InChI is InChI=1S/C29H33N3O4/c1-3-35-28(34)24-10-7-17-32(19-24)29-30-25(16-13-22-8-5-4-6-9-22)18-27(31-29)36-20-26(33)23-14-11-21(2)12-15-23/h4-6,8-9,11-12,14-15,18,24H,3,7,10,13,16-17,19-20H2,1-2H3/t24-/m0/s1. The van der Waals surface area contributed by atoms with Gasteiger partial charge in [-0.2, -0.15) is 4.98 Å². The SMILES string of the molecule is CCOC(=O)[C@H]1CCCN(c2nc(CCc3ccccc3)cc(OCC(=O)c3ccc(C)cc3)n2)C1. The minimum Gasteiger partial charge on any atom is -0.469 e. The lowest BCUT2D eigenvalue weighted by Crippen LogP contribution is -2.40. The second-order valence-corrected chi connectivity index (χ2v) is 9.10. The van der Waals surface area contributed by atoms with Crippen molar-refractivity contribution in [1.29, 1.82) is 0 Å². The molecular formula is C29H33N3O4. The van der Waals surface area contributed by atoms with Gasteiger partial charge in [0, 0.05) is 24.7 Å². The van der Waals surface area contributed by atoms with Gasteiger partial charge >= 0.3 is 5.97 Å². The summed E-state index contributed by atoms with van der Waals surface area (Å²) in [5, 5.41) is 0. The molecule has 1 aliphatic rings. The van der Waals surface area contributed by atoms with Crippen LogP contribution >= 0.6 is 0 Å². The van der Waals surface area contributed by atoms with E-state index >= 15 is 0 Å². The molecule has 0 radical (unpaired) electrons. The third-order valence-corrected chi connectivity index (χ3v) is 6.31. The van der Waals surface area contributed by atoms with E-state index in [1.165, 1.54) is 5.56 Å². The van der Waals surface area contributed by atoms with Gasteiger partial charge in [0.2, 0.25) is 11.8 Å². The molecular weight excluding hydrogens is 454 g/mol. The van der Waals surface area contributed by atoms with Crippen LogP contribution in [0.3, 0.4) is 0 Å². The van der Waals surface area contributed by atoms with Gasteiger partial charge in [-0.25, -0.2) is 4.98 Å². The van der Waals surface area contributed by atoms with Crippen molar-refractivity contribution in [2.75, 3.05) is 31.2 Å². The molecule has 0 amide bonds. The third-order valence-electron chi connectivity index (χ3n) is 6.31. The zero-order valence-electron chi connectivity index (χ0n) is 21.0. The molecule has 1 aromatic heterocycles. The van der Waals surface area contributed by atoms with Crippen LogP contribution in [0.1, 0.15) is 46.9 Å². The number of esters is 1. The fraction of sp³-hybridized carbons (Fsp3) is 0.379. The number of carbonyl (C=O) groups is 2. The molecule has 3 aromatic rings.